The second-order valence-corrected chi connectivity index (χ2v) is 15.1. The van der Waals surface area contributed by atoms with Crippen molar-refractivity contribution in [3.8, 4) is 22.8 Å². The van der Waals surface area contributed by atoms with Gasteiger partial charge in [0.15, 0.2) is 35.7 Å². The molecule has 0 bridgehead atoms. The van der Waals surface area contributed by atoms with E-state index in [1.807, 2.05) is 0 Å². The van der Waals surface area contributed by atoms with E-state index in [2.05, 4.69) is 5.32 Å². The van der Waals surface area contributed by atoms with Crippen LogP contribution in [0.15, 0.2) is 76.2 Å². The van der Waals surface area contributed by atoms with Crippen LogP contribution in [0.1, 0.15) is 35.2 Å². The van der Waals surface area contributed by atoms with Gasteiger partial charge in [-0.1, -0.05) is 12.1 Å². The van der Waals surface area contributed by atoms with E-state index in [9.17, 15) is 54.0 Å². The van der Waals surface area contributed by atoms with Gasteiger partial charge in [0.1, 0.15) is 17.6 Å². The fourth-order valence-corrected chi connectivity index (χ4v) is 6.22. The van der Waals surface area contributed by atoms with E-state index in [-0.39, 0.29) is 86.2 Å². The molecule has 8 N–H and O–H groups in total. The number of carbonyl (C=O) groups is 3. The molecule has 59 heavy (non-hydrogen) atoms. The van der Waals surface area contributed by atoms with E-state index in [1.165, 1.54) is 41.1 Å². The number of phenols is 2. The number of carboxylic acids is 1. The lowest BCUT2D eigenvalue weighted by Crippen LogP contribution is -2.43. The summed E-state index contributed by atoms with van der Waals surface area (Å²) in [5.41, 5.74) is 0.453. The molecule has 2 heterocycles. The number of hydrogen-bond donors (Lipinski definition) is 8. The Kier molecular flexibility index (Phi) is 17.6. The Bertz CT molecular complexity index is 2140. The van der Waals surface area contributed by atoms with Gasteiger partial charge in [-0.2, -0.15) is 0 Å². The highest BCUT2D eigenvalue weighted by Crippen LogP contribution is 2.50. The fourth-order valence-electron chi connectivity index (χ4n) is 5.58. The van der Waals surface area contributed by atoms with Crippen molar-refractivity contribution >= 4 is 36.2 Å². The zero-order valence-electron chi connectivity index (χ0n) is 31.9. The van der Waals surface area contributed by atoms with Gasteiger partial charge in [-0.15, -0.1) is 0 Å². The Hall–Kier alpha value is -5.08. The van der Waals surface area contributed by atoms with Crippen LogP contribution in [0.5, 0.6) is 11.5 Å². The van der Waals surface area contributed by atoms with Gasteiger partial charge in [-0.05, 0) is 36.8 Å². The molecule has 0 radical (unpaired) electrons. The van der Waals surface area contributed by atoms with Crippen molar-refractivity contribution in [1.29, 1.82) is 0 Å². The van der Waals surface area contributed by atoms with E-state index in [0.29, 0.717) is 44.2 Å². The SMILES string of the molecule is O=C(CCOCCOCCOCCOCCNC(=O)c1ccc(-c2cc(=O)c3ccc(O)c(O)c3o2)cc1)CCC(O)C[n+]1cccc(CC(O)(C(=O)O)P(=O)(O)O)c1. The highest BCUT2D eigenvalue weighted by atomic mass is 31.2. The molecule has 4 aromatic rings. The molecular formula is C39H48N2O17P+. The third-order valence-corrected chi connectivity index (χ3v) is 10.1. The highest BCUT2D eigenvalue weighted by Gasteiger charge is 2.53. The van der Waals surface area contributed by atoms with Crippen molar-refractivity contribution in [2.45, 2.75) is 43.7 Å². The van der Waals surface area contributed by atoms with Crippen LogP contribution in [0.3, 0.4) is 0 Å². The average molecular weight is 848 g/mol. The topological polar surface area (TPSA) is 293 Å². The summed E-state index contributed by atoms with van der Waals surface area (Å²) in [7, 11) is -5.41. The minimum atomic E-state index is -5.41. The number of aliphatic carboxylic acids is 1. The molecule has 1 amide bonds. The molecule has 0 spiro atoms. The first kappa shape index (κ1) is 46.6. The summed E-state index contributed by atoms with van der Waals surface area (Å²) in [6, 6.07) is 13.0. The minimum absolute atomic E-state index is 0.0221. The molecule has 2 aromatic carbocycles. The summed E-state index contributed by atoms with van der Waals surface area (Å²) < 4.78 is 40.5. The average Bonchev–Trinajstić information content (AvgIpc) is 3.19. The molecule has 0 aliphatic rings. The summed E-state index contributed by atoms with van der Waals surface area (Å²) >= 11 is 0. The number of aromatic nitrogens is 1. The van der Waals surface area contributed by atoms with Crippen molar-refractivity contribution in [3.05, 3.63) is 88.3 Å². The molecule has 0 aliphatic heterocycles. The molecule has 2 aromatic heterocycles. The van der Waals surface area contributed by atoms with E-state index >= 15 is 0 Å². The maximum atomic E-state index is 12.5. The molecule has 2 unspecified atom stereocenters. The highest BCUT2D eigenvalue weighted by molar-refractivity contribution is 7.54. The Morgan fingerprint density at radius 3 is 2.12 bits per heavy atom. The van der Waals surface area contributed by atoms with E-state index in [4.69, 9.17) is 28.5 Å². The number of aromatic hydroxyl groups is 2. The van der Waals surface area contributed by atoms with Crippen LogP contribution >= 0.6 is 7.60 Å². The number of benzene rings is 2. The molecule has 2 atom stereocenters. The van der Waals surface area contributed by atoms with Gasteiger partial charge in [0.05, 0.1) is 58.2 Å². The van der Waals surface area contributed by atoms with Crippen LogP contribution < -0.4 is 15.3 Å². The van der Waals surface area contributed by atoms with Crippen molar-refractivity contribution in [2.75, 3.05) is 59.4 Å². The number of carbonyl (C=O) groups excluding carboxylic acids is 2. The van der Waals surface area contributed by atoms with Crippen LogP contribution in [-0.4, -0.2) is 124 Å². The van der Waals surface area contributed by atoms with Gasteiger partial charge >= 0.3 is 13.6 Å². The Labute approximate surface area is 337 Å². The summed E-state index contributed by atoms with van der Waals surface area (Å²) in [4.78, 5) is 67.2. The number of rotatable bonds is 26. The number of phenolic OH excluding ortho intramolecular Hbond substituents is 2. The summed E-state index contributed by atoms with van der Waals surface area (Å²) in [6.45, 7) is 2.53. The van der Waals surface area contributed by atoms with Crippen molar-refractivity contribution in [1.82, 2.24) is 5.32 Å². The number of hydrogen-bond acceptors (Lipinski definition) is 14. The Morgan fingerprint density at radius 1 is 0.864 bits per heavy atom. The molecule has 0 saturated carbocycles. The molecule has 320 valence electrons. The van der Waals surface area contributed by atoms with Gasteiger partial charge in [0.25, 0.3) is 11.2 Å². The van der Waals surface area contributed by atoms with Gasteiger partial charge in [-0.25, -0.2) is 9.36 Å². The number of aliphatic hydroxyl groups excluding tert-OH is 1. The second kappa shape index (κ2) is 22.3. The van der Waals surface area contributed by atoms with Crippen LogP contribution in [0.25, 0.3) is 22.3 Å². The summed E-state index contributed by atoms with van der Waals surface area (Å²) in [5, 5.41) is 49.0. The van der Waals surface area contributed by atoms with Crippen LogP contribution in [0, 0.1) is 0 Å². The number of ketones is 1. The molecule has 0 saturated heterocycles. The predicted octanol–water partition coefficient (Wildman–Crippen LogP) is 1.25. The zero-order chi connectivity index (χ0) is 43.0. The Morgan fingerprint density at radius 2 is 1.49 bits per heavy atom. The van der Waals surface area contributed by atoms with Crippen LogP contribution in [0.2, 0.25) is 0 Å². The fraction of sp³-hybridized carbons (Fsp3) is 0.410. The van der Waals surface area contributed by atoms with E-state index < -0.39 is 48.4 Å². The number of nitrogens with zero attached hydrogens (tertiary/aromatic N) is 1. The lowest BCUT2D eigenvalue weighted by atomic mass is 10.1. The molecule has 0 aliphatic carbocycles. The predicted molar refractivity (Wildman–Crippen MR) is 207 cm³/mol. The number of pyridine rings is 1. The molecule has 0 fully saturated rings. The minimum Gasteiger partial charge on any atom is -0.504 e. The van der Waals surface area contributed by atoms with E-state index in [1.54, 1.807) is 30.5 Å². The zero-order valence-corrected chi connectivity index (χ0v) is 32.8. The van der Waals surface area contributed by atoms with Crippen molar-refractivity contribution < 1.29 is 82.2 Å². The lowest BCUT2D eigenvalue weighted by Gasteiger charge is -2.23. The number of amides is 1. The molecule has 20 heteroatoms. The van der Waals surface area contributed by atoms with Gasteiger partial charge in [0.2, 0.25) is 5.75 Å². The standard InChI is InChI=1S/C39H47N2O17P/c42-29(7-8-30(43)25-41-13-1-2-26(24-41)23-39(50,38(48)49)59(51,52)53)11-14-54-16-18-56-20-21-57-19-17-55-15-12-40-37(47)28-5-3-27(4-6-28)34-22-33(45)31-9-10-32(44)35(46)36(31)58-34/h1-6,9-10,13,22,24,30,43,50H,7-8,11-12,14-21,23,25H2,(H5-,40,44,45,46,47,48,49,51,52,53)/p+1. The van der Waals surface area contributed by atoms with Crippen molar-refractivity contribution in [2.24, 2.45) is 0 Å². The third kappa shape index (κ3) is 14.0. The van der Waals surface area contributed by atoms with E-state index in [0.717, 1.165) is 0 Å². The first-order valence-electron chi connectivity index (χ1n) is 18.5. The van der Waals surface area contributed by atoms with Crippen LogP contribution in [0.4, 0.5) is 0 Å². The molecular weight excluding hydrogens is 799 g/mol. The summed E-state index contributed by atoms with van der Waals surface area (Å²) in [6.07, 6.45) is 1.47. The van der Waals surface area contributed by atoms with Crippen molar-refractivity contribution in [3.63, 3.8) is 0 Å². The van der Waals surface area contributed by atoms with Gasteiger partial charge in [0, 0.05) is 54.6 Å². The first-order chi connectivity index (χ1) is 28.1. The lowest BCUT2D eigenvalue weighted by molar-refractivity contribution is -0.704. The maximum absolute atomic E-state index is 12.5. The third-order valence-electron chi connectivity index (χ3n) is 8.83. The van der Waals surface area contributed by atoms with Gasteiger partial charge in [-0.3, -0.25) is 18.9 Å². The van der Waals surface area contributed by atoms with Crippen LogP contribution in [-0.2, 0) is 46.1 Å². The quantitative estimate of drug-likeness (QED) is 0.0191. The van der Waals surface area contributed by atoms with Gasteiger partial charge < -0.3 is 64.0 Å². The monoisotopic (exact) mass is 847 g/mol. The smallest absolute Gasteiger partial charge is 0.368 e. The number of nitrogens with one attached hydrogen (secondary N) is 1. The second-order valence-electron chi connectivity index (χ2n) is 13.3. The maximum Gasteiger partial charge on any atom is 0.368 e. The summed E-state index contributed by atoms with van der Waals surface area (Å²) in [5.74, 6) is -3.30. The number of ether oxygens (including phenoxy) is 4. The number of carboxylic acid groups (broad SMARTS) is 1. The number of fused-ring (bicyclic) bond motifs is 1. The Balaban J connectivity index is 0.971. The molecule has 4 rings (SSSR count). The largest absolute Gasteiger partial charge is 0.504 e. The normalized spacial score (nSPS) is 13.2. The first-order valence-corrected chi connectivity index (χ1v) is 20.1. The number of Topliss-reactive ketones (excluding diaryl/α,β-unsaturated/α-hetero) is 1. The molecule has 19 nitrogen and oxygen atoms in total. The number of aliphatic hydroxyl groups is 2.